The number of aryl methyl sites for hydroxylation is 3. The molecule has 0 aliphatic rings. The Morgan fingerprint density at radius 2 is 1.62 bits per heavy atom. The highest BCUT2D eigenvalue weighted by molar-refractivity contribution is 5.38. The first-order valence-corrected chi connectivity index (χ1v) is 5.82. The Morgan fingerprint density at radius 1 is 1.12 bits per heavy atom. The first kappa shape index (κ1) is 13.2. The van der Waals surface area contributed by atoms with Crippen LogP contribution in [-0.4, -0.2) is 30.6 Å². The molecule has 0 aliphatic heterocycles. The molecule has 1 aromatic rings. The topological polar surface area (TPSA) is 23.5 Å². The zero-order valence-corrected chi connectivity index (χ0v) is 11.0. The Labute approximate surface area is 98.9 Å². The number of benzene rings is 1. The van der Waals surface area contributed by atoms with Gasteiger partial charge in [0, 0.05) is 6.54 Å². The van der Waals surface area contributed by atoms with E-state index in [0.717, 1.165) is 18.5 Å². The van der Waals surface area contributed by atoms with Gasteiger partial charge in [-0.1, -0.05) is 17.7 Å². The van der Waals surface area contributed by atoms with E-state index in [9.17, 15) is 5.11 Å². The third-order valence-corrected chi connectivity index (χ3v) is 2.92. The molecule has 1 aromatic carbocycles. The fourth-order valence-corrected chi connectivity index (χ4v) is 2.24. The van der Waals surface area contributed by atoms with Crippen molar-refractivity contribution in [3.63, 3.8) is 0 Å². The third-order valence-electron chi connectivity index (χ3n) is 2.92. The first-order chi connectivity index (χ1) is 7.41. The highest BCUT2D eigenvalue weighted by atomic mass is 16.3. The molecule has 2 nitrogen and oxygen atoms in total. The predicted octanol–water partition coefficient (Wildman–Crippen LogP) is 2.60. The number of hydrogen-bond acceptors (Lipinski definition) is 2. The van der Waals surface area contributed by atoms with Crippen LogP contribution in [0.4, 0.5) is 0 Å². The van der Waals surface area contributed by atoms with Crippen LogP contribution in [-0.2, 0) is 0 Å². The zero-order chi connectivity index (χ0) is 12.3. The summed E-state index contributed by atoms with van der Waals surface area (Å²) < 4.78 is 0. The maximum atomic E-state index is 10.2. The molecule has 0 radical (unpaired) electrons. The third kappa shape index (κ3) is 3.32. The minimum Gasteiger partial charge on any atom is -0.388 e. The molecule has 1 unspecified atom stereocenters. The summed E-state index contributed by atoms with van der Waals surface area (Å²) in [5.74, 6) is 0. The van der Waals surface area contributed by atoms with E-state index >= 15 is 0 Å². The van der Waals surface area contributed by atoms with Crippen LogP contribution in [0.2, 0.25) is 0 Å². The molecule has 90 valence electrons. The number of rotatable bonds is 4. The molecule has 0 amide bonds. The molecule has 0 heterocycles. The van der Waals surface area contributed by atoms with Crippen LogP contribution in [0.15, 0.2) is 12.1 Å². The molecular formula is C14H23NO. The van der Waals surface area contributed by atoms with Gasteiger partial charge >= 0.3 is 0 Å². The van der Waals surface area contributed by atoms with Crippen molar-refractivity contribution in [2.24, 2.45) is 0 Å². The molecule has 0 spiro atoms. The van der Waals surface area contributed by atoms with E-state index < -0.39 is 0 Å². The fraction of sp³-hybridized carbons (Fsp3) is 0.571. The number of hydrogen-bond donors (Lipinski definition) is 1. The lowest BCUT2D eigenvalue weighted by Crippen LogP contribution is -2.16. The lowest BCUT2D eigenvalue weighted by atomic mass is 9.94. The molecule has 0 aromatic heterocycles. The van der Waals surface area contributed by atoms with Crippen molar-refractivity contribution < 1.29 is 5.11 Å². The quantitative estimate of drug-likeness (QED) is 0.844. The highest BCUT2D eigenvalue weighted by Crippen LogP contribution is 2.25. The summed E-state index contributed by atoms with van der Waals surface area (Å²) in [7, 11) is 4.06. The molecular weight excluding hydrogens is 198 g/mol. The van der Waals surface area contributed by atoms with Crippen molar-refractivity contribution in [1.82, 2.24) is 4.90 Å². The molecule has 0 aliphatic carbocycles. The SMILES string of the molecule is Cc1cc(C)c(C(O)CCN(C)C)c(C)c1. The average molecular weight is 221 g/mol. The molecule has 0 bridgehead atoms. The van der Waals surface area contributed by atoms with E-state index in [0.29, 0.717) is 0 Å². The summed E-state index contributed by atoms with van der Waals surface area (Å²) in [6, 6.07) is 4.28. The maximum absolute atomic E-state index is 10.2. The Kier molecular flexibility index (Phi) is 4.51. The van der Waals surface area contributed by atoms with E-state index in [2.05, 4.69) is 37.8 Å². The van der Waals surface area contributed by atoms with Crippen LogP contribution >= 0.6 is 0 Å². The molecule has 1 atom stereocenters. The molecule has 2 heteroatoms. The lowest BCUT2D eigenvalue weighted by Gasteiger charge is -2.19. The van der Waals surface area contributed by atoms with E-state index in [1.54, 1.807) is 0 Å². The van der Waals surface area contributed by atoms with Gasteiger partial charge in [0.2, 0.25) is 0 Å². The van der Waals surface area contributed by atoms with Crippen LogP contribution in [0.5, 0.6) is 0 Å². The van der Waals surface area contributed by atoms with Crippen LogP contribution in [0.3, 0.4) is 0 Å². The number of aliphatic hydroxyl groups excluding tert-OH is 1. The van der Waals surface area contributed by atoms with E-state index in [4.69, 9.17) is 0 Å². The van der Waals surface area contributed by atoms with E-state index in [-0.39, 0.29) is 6.10 Å². The fourth-order valence-electron chi connectivity index (χ4n) is 2.24. The Bertz CT molecular complexity index is 335. The van der Waals surface area contributed by atoms with Crippen molar-refractivity contribution in [3.8, 4) is 0 Å². The Hall–Kier alpha value is -0.860. The van der Waals surface area contributed by atoms with Crippen molar-refractivity contribution in [3.05, 3.63) is 34.4 Å². The van der Waals surface area contributed by atoms with Crippen LogP contribution in [0.1, 0.15) is 34.8 Å². The molecule has 1 rings (SSSR count). The maximum Gasteiger partial charge on any atom is 0.0807 e. The molecule has 16 heavy (non-hydrogen) atoms. The predicted molar refractivity (Wildman–Crippen MR) is 68.8 cm³/mol. The molecule has 1 N–H and O–H groups in total. The van der Waals surface area contributed by atoms with Gasteiger partial charge < -0.3 is 10.0 Å². The van der Waals surface area contributed by atoms with Gasteiger partial charge in [-0.3, -0.25) is 0 Å². The summed E-state index contributed by atoms with van der Waals surface area (Å²) in [6.07, 6.45) is 0.445. The summed E-state index contributed by atoms with van der Waals surface area (Å²) >= 11 is 0. The Morgan fingerprint density at radius 3 is 2.06 bits per heavy atom. The second-order valence-electron chi connectivity index (χ2n) is 4.92. The van der Waals surface area contributed by atoms with Gasteiger partial charge in [0.05, 0.1) is 6.10 Å². The van der Waals surface area contributed by atoms with Crippen molar-refractivity contribution >= 4 is 0 Å². The van der Waals surface area contributed by atoms with Crippen LogP contribution in [0.25, 0.3) is 0 Å². The van der Waals surface area contributed by atoms with Gasteiger partial charge in [-0.15, -0.1) is 0 Å². The van der Waals surface area contributed by atoms with Crippen LogP contribution in [0, 0.1) is 20.8 Å². The zero-order valence-electron chi connectivity index (χ0n) is 11.0. The number of nitrogens with zero attached hydrogens (tertiary/aromatic N) is 1. The molecule has 0 saturated heterocycles. The van der Waals surface area contributed by atoms with Gasteiger partial charge in [-0.2, -0.15) is 0 Å². The molecule has 0 saturated carbocycles. The largest absolute Gasteiger partial charge is 0.388 e. The van der Waals surface area contributed by atoms with Gasteiger partial charge in [0.25, 0.3) is 0 Å². The summed E-state index contributed by atoms with van der Waals surface area (Å²) in [6.45, 7) is 7.16. The minimum absolute atomic E-state index is 0.344. The lowest BCUT2D eigenvalue weighted by molar-refractivity contribution is 0.153. The summed E-state index contributed by atoms with van der Waals surface area (Å²) in [5.41, 5.74) is 4.76. The number of aliphatic hydroxyl groups is 1. The van der Waals surface area contributed by atoms with Gasteiger partial charge in [-0.05, 0) is 58.0 Å². The smallest absolute Gasteiger partial charge is 0.0807 e. The van der Waals surface area contributed by atoms with Crippen molar-refractivity contribution in [1.29, 1.82) is 0 Å². The van der Waals surface area contributed by atoms with Crippen LogP contribution < -0.4 is 0 Å². The Balaban J connectivity index is 2.86. The molecule has 0 fully saturated rings. The first-order valence-electron chi connectivity index (χ1n) is 5.82. The standard InChI is InChI=1S/C14H23NO/c1-10-8-11(2)14(12(3)9-10)13(16)6-7-15(4)5/h8-9,13,16H,6-7H2,1-5H3. The average Bonchev–Trinajstić information content (AvgIpc) is 2.12. The van der Waals surface area contributed by atoms with Gasteiger partial charge in [-0.25, -0.2) is 0 Å². The highest BCUT2D eigenvalue weighted by Gasteiger charge is 2.13. The summed E-state index contributed by atoms with van der Waals surface area (Å²) in [5, 5.41) is 10.2. The van der Waals surface area contributed by atoms with Gasteiger partial charge in [0.15, 0.2) is 0 Å². The second-order valence-corrected chi connectivity index (χ2v) is 4.92. The van der Waals surface area contributed by atoms with Gasteiger partial charge in [0.1, 0.15) is 0 Å². The minimum atomic E-state index is -0.344. The van der Waals surface area contributed by atoms with E-state index in [1.165, 1.54) is 16.7 Å². The summed E-state index contributed by atoms with van der Waals surface area (Å²) in [4.78, 5) is 2.10. The van der Waals surface area contributed by atoms with Crippen molar-refractivity contribution in [2.45, 2.75) is 33.3 Å². The monoisotopic (exact) mass is 221 g/mol. The normalized spacial score (nSPS) is 13.2. The van der Waals surface area contributed by atoms with Crippen molar-refractivity contribution in [2.75, 3.05) is 20.6 Å². The van der Waals surface area contributed by atoms with E-state index in [1.807, 2.05) is 14.1 Å². The second kappa shape index (κ2) is 5.46.